The Bertz CT molecular complexity index is 351. The highest BCUT2D eigenvalue weighted by molar-refractivity contribution is 5.35. The van der Waals surface area contributed by atoms with Gasteiger partial charge >= 0.3 is 0 Å². The lowest BCUT2D eigenvalue weighted by molar-refractivity contribution is -0.384. The van der Waals surface area contributed by atoms with Crippen molar-refractivity contribution in [3.63, 3.8) is 0 Å². The summed E-state index contributed by atoms with van der Waals surface area (Å²) < 4.78 is 0. The van der Waals surface area contributed by atoms with Crippen LogP contribution in [0.2, 0.25) is 0 Å². The largest absolute Gasteiger partial charge is 0.269 e. The molecule has 0 saturated carbocycles. The van der Waals surface area contributed by atoms with Gasteiger partial charge in [0.1, 0.15) is 0 Å². The highest BCUT2D eigenvalue weighted by Crippen LogP contribution is 2.18. The summed E-state index contributed by atoms with van der Waals surface area (Å²) in [5, 5.41) is 18.9. The molecule has 66 valence electrons. The number of hydrogen-bond donors (Lipinski definition) is 0. The van der Waals surface area contributed by atoms with E-state index in [0.29, 0.717) is 0 Å². The van der Waals surface area contributed by atoms with Crippen LogP contribution in [0.1, 0.15) is 18.4 Å². The number of nitriles is 1. The van der Waals surface area contributed by atoms with E-state index in [9.17, 15) is 10.1 Å². The minimum atomic E-state index is -0.458. The molecule has 0 bridgehead atoms. The van der Waals surface area contributed by atoms with Crippen molar-refractivity contribution in [1.82, 2.24) is 0 Å². The fourth-order valence-electron chi connectivity index (χ4n) is 0.959. The Morgan fingerprint density at radius 3 is 2.38 bits per heavy atom. The van der Waals surface area contributed by atoms with Gasteiger partial charge in [-0.3, -0.25) is 10.1 Å². The normalized spacial score (nSPS) is 11.7. The molecule has 0 aliphatic rings. The van der Waals surface area contributed by atoms with Crippen LogP contribution in [0.5, 0.6) is 0 Å². The molecule has 1 aromatic rings. The maximum absolute atomic E-state index is 10.3. The highest BCUT2D eigenvalue weighted by Gasteiger charge is 2.07. The summed E-state index contributed by atoms with van der Waals surface area (Å²) in [5.41, 5.74) is 0.849. The van der Waals surface area contributed by atoms with Gasteiger partial charge in [-0.2, -0.15) is 5.26 Å². The molecule has 4 nitrogen and oxygen atoms in total. The van der Waals surface area contributed by atoms with Crippen molar-refractivity contribution in [2.24, 2.45) is 0 Å². The second-order valence-corrected chi connectivity index (χ2v) is 2.70. The van der Waals surface area contributed by atoms with E-state index < -0.39 is 4.92 Å². The zero-order valence-corrected chi connectivity index (χ0v) is 7.10. The predicted molar refractivity (Wildman–Crippen MR) is 47.1 cm³/mol. The van der Waals surface area contributed by atoms with Crippen molar-refractivity contribution in [3.05, 3.63) is 39.9 Å². The molecular weight excluding hydrogens is 168 g/mol. The summed E-state index contributed by atoms with van der Waals surface area (Å²) in [4.78, 5) is 9.83. The topological polar surface area (TPSA) is 66.9 Å². The summed E-state index contributed by atoms with van der Waals surface area (Å²) in [5.74, 6) is -0.221. The summed E-state index contributed by atoms with van der Waals surface area (Å²) in [6.45, 7) is 1.75. The highest BCUT2D eigenvalue weighted by atomic mass is 16.6. The molecule has 0 unspecified atom stereocenters. The van der Waals surface area contributed by atoms with Crippen LogP contribution in [-0.4, -0.2) is 4.92 Å². The first-order chi connectivity index (χ1) is 6.15. The summed E-state index contributed by atoms with van der Waals surface area (Å²) in [6.07, 6.45) is 0. The van der Waals surface area contributed by atoms with E-state index in [2.05, 4.69) is 6.07 Å². The molecule has 0 spiro atoms. The number of non-ortho nitro benzene ring substituents is 1. The molecule has 1 aromatic carbocycles. The Labute approximate surface area is 75.6 Å². The predicted octanol–water partition coefficient (Wildman–Crippen LogP) is 2.22. The molecule has 0 aliphatic carbocycles. The van der Waals surface area contributed by atoms with Crippen LogP contribution >= 0.6 is 0 Å². The molecule has 0 amide bonds. The fraction of sp³-hybridized carbons (Fsp3) is 0.222. The third-order valence-corrected chi connectivity index (χ3v) is 1.80. The molecule has 1 atom stereocenters. The molecule has 0 N–H and O–H groups in total. The Balaban J connectivity index is 2.95. The first-order valence-corrected chi connectivity index (χ1v) is 3.79. The van der Waals surface area contributed by atoms with Crippen LogP contribution in [0.25, 0.3) is 0 Å². The number of rotatable bonds is 2. The molecule has 0 aromatic heterocycles. The average molecular weight is 176 g/mol. The molecular formula is C9H8N2O2. The maximum Gasteiger partial charge on any atom is 0.269 e. The van der Waals surface area contributed by atoms with Crippen molar-refractivity contribution in [2.45, 2.75) is 12.8 Å². The van der Waals surface area contributed by atoms with Crippen LogP contribution in [0.3, 0.4) is 0 Å². The quantitative estimate of drug-likeness (QED) is 0.512. The lowest BCUT2D eigenvalue weighted by Crippen LogP contribution is -1.91. The van der Waals surface area contributed by atoms with Crippen LogP contribution in [0.15, 0.2) is 24.3 Å². The number of nitro benzene ring substituents is 1. The Kier molecular flexibility index (Phi) is 2.60. The minimum Gasteiger partial charge on any atom is -0.258 e. The number of benzene rings is 1. The summed E-state index contributed by atoms with van der Waals surface area (Å²) >= 11 is 0. The summed E-state index contributed by atoms with van der Waals surface area (Å²) in [6, 6.07) is 8.08. The van der Waals surface area contributed by atoms with Crippen molar-refractivity contribution in [2.75, 3.05) is 0 Å². The smallest absolute Gasteiger partial charge is 0.258 e. The van der Waals surface area contributed by atoms with Crippen molar-refractivity contribution >= 4 is 5.69 Å². The Morgan fingerprint density at radius 1 is 1.46 bits per heavy atom. The maximum atomic E-state index is 10.3. The molecule has 0 radical (unpaired) electrons. The molecule has 1 rings (SSSR count). The van der Waals surface area contributed by atoms with Crippen molar-refractivity contribution in [1.29, 1.82) is 5.26 Å². The van der Waals surface area contributed by atoms with Gasteiger partial charge in [-0.15, -0.1) is 0 Å². The number of nitrogens with zero attached hydrogens (tertiary/aromatic N) is 2. The standard InChI is InChI=1S/C9H8N2O2/c1-7(6-10)8-2-4-9(5-3-8)11(12)13/h2-5,7H,1H3/t7-/m0/s1. The van der Waals surface area contributed by atoms with Gasteiger partial charge in [-0.1, -0.05) is 12.1 Å². The van der Waals surface area contributed by atoms with Crippen LogP contribution in [0, 0.1) is 21.4 Å². The third kappa shape index (κ3) is 2.03. The van der Waals surface area contributed by atoms with Crippen molar-refractivity contribution in [3.8, 4) is 6.07 Å². The van der Waals surface area contributed by atoms with Gasteiger partial charge in [0.15, 0.2) is 0 Å². The molecule has 0 heterocycles. The van der Waals surface area contributed by atoms with Crippen molar-refractivity contribution < 1.29 is 4.92 Å². The fourth-order valence-corrected chi connectivity index (χ4v) is 0.959. The molecule has 0 fully saturated rings. The van der Waals surface area contributed by atoms with E-state index in [-0.39, 0.29) is 11.6 Å². The van der Waals surface area contributed by atoms with E-state index in [1.807, 2.05) is 0 Å². The average Bonchev–Trinajstić information content (AvgIpc) is 2.17. The van der Waals surface area contributed by atoms with Gasteiger partial charge < -0.3 is 0 Å². The van der Waals surface area contributed by atoms with Gasteiger partial charge in [0.2, 0.25) is 0 Å². The molecule has 13 heavy (non-hydrogen) atoms. The summed E-state index contributed by atoms with van der Waals surface area (Å²) in [7, 11) is 0. The second kappa shape index (κ2) is 3.68. The van der Waals surface area contributed by atoms with Gasteiger partial charge in [0, 0.05) is 12.1 Å². The van der Waals surface area contributed by atoms with Crippen LogP contribution in [-0.2, 0) is 0 Å². The van der Waals surface area contributed by atoms with E-state index in [1.54, 1.807) is 19.1 Å². The SMILES string of the molecule is C[C@@H](C#N)c1ccc([N+](=O)[O-])cc1. The lowest BCUT2D eigenvalue weighted by Gasteiger charge is -2.00. The van der Waals surface area contributed by atoms with E-state index in [4.69, 9.17) is 5.26 Å². The number of nitro groups is 1. The van der Waals surface area contributed by atoms with Crippen LogP contribution in [0.4, 0.5) is 5.69 Å². The second-order valence-electron chi connectivity index (χ2n) is 2.70. The van der Waals surface area contributed by atoms with Crippen LogP contribution < -0.4 is 0 Å². The Morgan fingerprint density at radius 2 is 2.00 bits per heavy atom. The minimum absolute atomic E-state index is 0.0499. The third-order valence-electron chi connectivity index (χ3n) is 1.80. The van der Waals surface area contributed by atoms with Gasteiger partial charge in [0.05, 0.1) is 16.9 Å². The first kappa shape index (κ1) is 9.20. The zero-order chi connectivity index (χ0) is 9.84. The monoisotopic (exact) mass is 176 g/mol. The van der Waals surface area contributed by atoms with Gasteiger partial charge in [0.25, 0.3) is 5.69 Å². The zero-order valence-electron chi connectivity index (χ0n) is 7.10. The molecule has 4 heteroatoms. The first-order valence-electron chi connectivity index (χ1n) is 3.79. The van der Waals surface area contributed by atoms with Gasteiger partial charge in [-0.25, -0.2) is 0 Å². The molecule has 0 aliphatic heterocycles. The van der Waals surface area contributed by atoms with Gasteiger partial charge in [-0.05, 0) is 12.5 Å². The van der Waals surface area contributed by atoms with E-state index >= 15 is 0 Å². The Hall–Kier alpha value is -1.89. The molecule has 0 saturated heterocycles. The van der Waals surface area contributed by atoms with E-state index in [1.165, 1.54) is 12.1 Å². The number of hydrogen-bond acceptors (Lipinski definition) is 3. The van der Waals surface area contributed by atoms with E-state index in [0.717, 1.165) is 5.56 Å². The lowest BCUT2D eigenvalue weighted by atomic mass is 10.0.